The molecule has 1 aromatic carbocycles. The van der Waals surface area contributed by atoms with Crippen LogP contribution in [-0.2, 0) is 10.8 Å². The fourth-order valence-electron chi connectivity index (χ4n) is 1.09. The lowest BCUT2D eigenvalue weighted by Crippen LogP contribution is -2.32. The number of benzene rings is 1. The Morgan fingerprint density at radius 2 is 2.00 bits per heavy atom. The first-order valence-electron chi connectivity index (χ1n) is 4.91. The van der Waals surface area contributed by atoms with E-state index in [9.17, 15) is 8.60 Å². The van der Waals surface area contributed by atoms with E-state index in [0.29, 0.717) is 5.75 Å². The standard InChI is InChI=1S/C11H16FNOS/c1-8(2)10(13)7-15(14)11-6-4-3-5-9(11)12/h3-6,8,10H,7,13H2,1-2H3. The van der Waals surface area contributed by atoms with Gasteiger partial charge in [-0.2, -0.15) is 0 Å². The molecule has 2 N–H and O–H groups in total. The minimum Gasteiger partial charge on any atom is -0.327 e. The van der Waals surface area contributed by atoms with Gasteiger partial charge in [0.15, 0.2) is 0 Å². The van der Waals surface area contributed by atoms with Gasteiger partial charge < -0.3 is 5.73 Å². The number of halogens is 1. The molecule has 15 heavy (non-hydrogen) atoms. The molecule has 0 bridgehead atoms. The van der Waals surface area contributed by atoms with Crippen LogP contribution in [0.1, 0.15) is 13.8 Å². The molecule has 0 saturated carbocycles. The summed E-state index contributed by atoms with van der Waals surface area (Å²) in [4.78, 5) is 0.244. The van der Waals surface area contributed by atoms with Gasteiger partial charge in [-0.15, -0.1) is 0 Å². The average Bonchev–Trinajstić information content (AvgIpc) is 2.18. The van der Waals surface area contributed by atoms with Crippen molar-refractivity contribution >= 4 is 10.8 Å². The molecule has 1 rings (SSSR count). The van der Waals surface area contributed by atoms with Crippen molar-refractivity contribution in [1.82, 2.24) is 0 Å². The Balaban J connectivity index is 2.74. The third-order valence-corrected chi connectivity index (χ3v) is 3.79. The van der Waals surface area contributed by atoms with E-state index in [1.807, 2.05) is 13.8 Å². The lowest BCUT2D eigenvalue weighted by Gasteiger charge is -2.14. The molecule has 84 valence electrons. The zero-order chi connectivity index (χ0) is 11.4. The lowest BCUT2D eigenvalue weighted by atomic mass is 10.1. The van der Waals surface area contributed by atoms with Crippen molar-refractivity contribution in [3.8, 4) is 0 Å². The fourth-order valence-corrected chi connectivity index (χ4v) is 2.52. The number of rotatable bonds is 4. The minimum absolute atomic E-state index is 0.162. The van der Waals surface area contributed by atoms with Gasteiger partial charge in [-0.3, -0.25) is 4.21 Å². The Morgan fingerprint density at radius 1 is 1.40 bits per heavy atom. The summed E-state index contributed by atoms with van der Waals surface area (Å²) in [5, 5.41) is 0. The van der Waals surface area contributed by atoms with Crippen LogP contribution in [0.5, 0.6) is 0 Å². The van der Waals surface area contributed by atoms with Crippen molar-refractivity contribution in [2.24, 2.45) is 11.7 Å². The van der Waals surface area contributed by atoms with Crippen LogP contribution in [0, 0.1) is 11.7 Å². The first-order chi connectivity index (χ1) is 7.02. The summed E-state index contributed by atoms with van der Waals surface area (Å²) in [5.41, 5.74) is 5.79. The smallest absolute Gasteiger partial charge is 0.139 e. The van der Waals surface area contributed by atoms with Crippen molar-refractivity contribution in [2.75, 3.05) is 5.75 Å². The lowest BCUT2D eigenvalue weighted by molar-refractivity contribution is 0.528. The van der Waals surface area contributed by atoms with Gasteiger partial charge in [-0.05, 0) is 18.1 Å². The molecule has 0 fully saturated rings. The summed E-state index contributed by atoms with van der Waals surface area (Å²) in [6, 6.07) is 5.95. The van der Waals surface area contributed by atoms with Crippen LogP contribution in [0.4, 0.5) is 4.39 Å². The van der Waals surface area contributed by atoms with Crippen LogP contribution in [0.2, 0.25) is 0 Å². The van der Waals surface area contributed by atoms with E-state index in [1.165, 1.54) is 6.07 Å². The Kier molecular flexibility index (Phi) is 4.42. The van der Waals surface area contributed by atoms with E-state index in [2.05, 4.69) is 0 Å². The normalized spacial score (nSPS) is 15.3. The number of nitrogens with two attached hydrogens (primary N) is 1. The SMILES string of the molecule is CC(C)C(N)CS(=O)c1ccccc1F. The van der Waals surface area contributed by atoms with Gasteiger partial charge >= 0.3 is 0 Å². The molecule has 0 amide bonds. The predicted molar refractivity (Wildman–Crippen MR) is 60.5 cm³/mol. The molecule has 0 aliphatic carbocycles. The number of hydrogen-bond donors (Lipinski definition) is 1. The zero-order valence-electron chi connectivity index (χ0n) is 8.94. The number of hydrogen-bond acceptors (Lipinski definition) is 2. The topological polar surface area (TPSA) is 43.1 Å². The highest BCUT2D eigenvalue weighted by molar-refractivity contribution is 7.85. The van der Waals surface area contributed by atoms with E-state index in [4.69, 9.17) is 5.73 Å². The van der Waals surface area contributed by atoms with Crippen molar-refractivity contribution < 1.29 is 8.60 Å². The Hall–Kier alpha value is -0.740. The van der Waals surface area contributed by atoms with Gasteiger partial charge in [0.05, 0.1) is 15.7 Å². The van der Waals surface area contributed by atoms with Gasteiger partial charge in [0, 0.05) is 11.8 Å². The van der Waals surface area contributed by atoms with Crippen LogP contribution >= 0.6 is 0 Å². The molecule has 0 aliphatic rings. The molecule has 4 heteroatoms. The highest BCUT2D eigenvalue weighted by atomic mass is 32.2. The Morgan fingerprint density at radius 3 is 2.53 bits per heavy atom. The fraction of sp³-hybridized carbons (Fsp3) is 0.455. The maximum atomic E-state index is 13.3. The molecular formula is C11H16FNOS. The second-order valence-electron chi connectivity index (χ2n) is 3.85. The van der Waals surface area contributed by atoms with Crippen LogP contribution in [0.15, 0.2) is 29.2 Å². The molecule has 2 unspecified atom stereocenters. The van der Waals surface area contributed by atoms with Gasteiger partial charge in [0.1, 0.15) is 5.82 Å². The summed E-state index contributed by atoms with van der Waals surface area (Å²) < 4.78 is 25.0. The first kappa shape index (κ1) is 12.3. The predicted octanol–water partition coefficient (Wildman–Crippen LogP) is 1.92. The zero-order valence-corrected chi connectivity index (χ0v) is 9.76. The van der Waals surface area contributed by atoms with E-state index in [1.54, 1.807) is 18.2 Å². The van der Waals surface area contributed by atoms with Crippen molar-refractivity contribution in [2.45, 2.75) is 24.8 Å². The van der Waals surface area contributed by atoms with E-state index < -0.39 is 16.6 Å². The molecule has 0 aliphatic heterocycles. The largest absolute Gasteiger partial charge is 0.327 e. The second kappa shape index (κ2) is 5.37. The van der Waals surface area contributed by atoms with Crippen molar-refractivity contribution in [3.05, 3.63) is 30.1 Å². The molecule has 2 nitrogen and oxygen atoms in total. The summed E-state index contributed by atoms with van der Waals surface area (Å²) in [7, 11) is -1.35. The van der Waals surface area contributed by atoms with Crippen LogP contribution in [-0.4, -0.2) is 16.0 Å². The summed E-state index contributed by atoms with van der Waals surface area (Å²) >= 11 is 0. The molecule has 0 aromatic heterocycles. The van der Waals surface area contributed by atoms with Crippen molar-refractivity contribution in [3.63, 3.8) is 0 Å². The molecule has 2 atom stereocenters. The van der Waals surface area contributed by atoms with Crippen LogP contribution in [0.25, 0.3) is 0 Å². The first-order valence-corrected chi connectivity index (χ1v) is 6.22. The van der Waals surface area contributed by atoms with Gasteiger partial charge in [-0.25, -0.2) is 4.39 Å². The highest BCUT2D eigenvalue weighted by Crippen LogP contribution is 2.13. The average molecular weight is 229 g/mol. The molecule has 0 radical (unpaired) electrons. The Bertz CT molecular complexity index is 354. The maximum Gasteiger partial charge on any atom is 0.139 e. The van der Waals surface area contributed by atoms with Crippen molar-refractivity contribution in [1.29, 1.82) is 0 Å². The third kappa shape index (κ3) is 3.39. The van der Waals surface area contributed by atoms with E-state index in [0.717, 1.165) is 0 Å². The Labute approximate surface area is 92.1 Å². The maximum absolute atomic E-state index is 13.3. The van der Waals surface area contributed by atoms with E-state index >= 15 is 0 Å². The summed E-state index contributed by atoms with van der Waals surface area (Å²) in [6.45, 7) is 3.92. The van der Waals surface area contributed by atoms with Crippen LogP contribution < -0.4 is 5.73 Å². The highest BCUT2D eigenvalue weighted by Gasteiger charge is 2.15. The van der Waals surface area contributed by atoms with Crippen LogP contribution in [0.3, 0.4) is 0 Å². The third-order valence-electron chi connectivity index (χ3n) is 2.28. The summed E-state index contributed by atoms with van der Waals surface area (Å²) in [6.07, 6.45) is 0. The van der Waals surface area contributed by atoms with Gasteiger partial charge in [0.2, 0.25) is 0 Å². The van der Waals surface area contributed by atoms with E-state index in [-0.39, 0.29) is 16.9 Å². The molecule has 1 aromatic rings. The monoisotopic (exact) mass is 229 g/mol. The second-order valence-corrected chi connectivity index (χ2v) is 5.31. The molecular weight excluding hydrogens is 213 g/mol. The molecule has 0 spiro atoms. The van der Waals surface area contributed by atoms with Gasteiger partial charge in [0.25, 0.3) is 0 Å². The van der Waals surface area contributed by atoms with Gasteiger partial charge in [-0.1, -0.05) is 26.0 Å². The molecule has 0 heterocycles. The summed E-state index contributed by atoms with van der Waals surface area (Å²) in [5.74, 6) is 0.131. The minimum atomic E-state index is -1.35. The quantitative estimate of drug-likeness (QED) is 0.857. The molecule has 0 saturated heterocycles.